The van der Waals surface area contributed by atoms with Crippen molar-refractivity contribution in [3.05, 3.63) is 145 Å². The van der Waals surface area contributed by atoms with Crippen LogP contribution in [0.15, 0.2) is 133 Å². The lowest BCUT2D eigenvalue weighted by atomic mass is 10.1. The fourth-order valence-corrected chi connectivity index (χ4v) is 13.5. The molecule has 0 saturated heterocycles. The largest absolute Gasteiger partial charge is 0.109 e. The minimum Gasteiger partial charge on any atom is -0.0629 e. The van der Waals surface area contributed by atoms with Gasteiger partial charge >= 0.3 is 0 Å². The molecule has 0 heterocycles. The molecule has 0 radical (unpaired) electrons. The summed E-state index contributed by atoms with van der Waals surface area (Å²) >= 11 is 0. The number of hydrogen-bond acceptors (Lipinski definition) is 0. The van der Waals surface area contributed by atoms with E-state index in [2.05, 4.69) is 140 Å². The van der Waals surface area contributed by atoms with E-state index in [-0.39, 0.29) is 4.66 Å². The van der Waals surface area contributed by atoms with Gasteiger partial charge in [0.15, 0.2) is 0 Å². The van der Waals surface area contributed by atoms with Crippen LogP contribution in [0, 0.1) is 0 Å². The quantitative estimate of drug-likeness (QED) is 0.301. The summed E-state index contributed by atoms with van der Waals surface area (Å²) in [5.74, 6) is 0. The van der Waals surface area contributed by atoms with Crippen molar-refractivity contribution in [1.29, 1.82) is 0 Å². The highest BCUT2D eigenvalue weighted by atomic mass is 28.3. The van der Waals surface area contributed by atoms with Gasteiger partial charge < -0.3 is 0 Å². The van der Waals surface area contributed by atoms with E-state index < -0.39 is 18.3 Å². The van der Waals surface area contributed by atoms with Crippen LogP contribution in [0.3, 0.4) is 0 Å². The van der Waals surface area contributed by atoms with Crippen LogP contribution in [0.1, 0.15) is 18.1 Å². The van der Waals surface area contributed by atoms with Gasteiger partial charge in [-0.05, 0) is 27.0 Å². The van der Waals surface area contributed by atoms with E-state index in [1.165, 1.54) is 27.9 Å². The SMILES string of the molecule is CC([SiH2]Cc1ccccc1)(c1ccc2ccccc2c1)[SiH](c1ccccc1)c1ccccc1. The predicted octanol–water partition coefficient (Wildman–Crippen LogP) is 5.00. The molecule has 1 atom stereocenters. The molecule has 5 aromatic carbocycles. The molecule has 0 aliphatic rings. The molecule has 0 bridgehead atoms. The average molecular weight is 459 g/mol. The first kappa shape index (κ1) is 21.6. The molecule has 0 nitrogen and oxygen atoms in total. The Bertz CT molecular complexity index is 1280. The molecule has 0 saturated carbocycles. The van der Waals surface area contributed by atoms with Crippen LogP contribution >= 0.6 is 0 Å². The summed E-state index contributed by atoms with van der Waals surface area (Å²) in [5, 5.41) is 5.76. The zero-order valence-corrected chi connectivity index (χ0v) is 21.8. The molecule has 0 aliphatic heterocycles. The van der Waals surface area contributed by atoms with Crippen LogP contribution in [-0.4, -0.2) is 18.3 Å². The monoisotopic (exact) mass is 458 g/mol. The van der Waals surface area contributed by atoms with E-state index >= 15 is 0 Å². The van der Waals surface area contributed by atoms with E-state index in [0.29, 0.717) is 0 Å². The summed E-state index contributed by atoms with van der Waals surface area (Å²) in [6.45, 7) is 2.59. The third-order valence-electron chi connectivity index (χ3n) is 7.09. The molecule has 0 fully saturated rings. The van der Waals surface area contributed by atoms with Crippen LogP contribution in [0.2, 0.25) is 0 Å². The Morgan fingerprint density at radius 3 is 1.70 bits per heavy atom. The van der Waals surface area contributed by atoms with Crippen LogP contribution in [0.5, 0.6) is 0 Å². The maximum absolute atomic E-state index is 2.59. The van der Waals surface area contributed by atoms with Crippen molar-refractivity contribution in [2.75, 3.05) is 0 Å². The molecular weight excluding hydrogens is 429 g/mol. The van der Waals surface area contributed by atoms with Crippen LogP contribution in [0.4, 0.5) is 0 Å². The Morgan fingerprint density at radius 2 is 1.09 bits per heavy atom. The lowest BCUT2D eigenvalue weighted by Gasteiger charge is -2.38. The first-order chi connectivity index (χ1) is 16.2. The lowest BCUT2D eigenvalue weighted by molar-refractivity contribution is 0.926. The predicted molar refractivity (Wildman–Crippen MR) is 149 cm³/mol. The van der Waals surface area contributed by atoms with Crippen molar-refractivity contribution < 1.29 is 0 Å². The fraction of sp³-hybridized carbons (Fsp3) is 0.0968. The van der Waals surface area contributed by atoms with Crippen molar-refractivity contribution in [2.24, 2.45) is 0 Å². The standard InChI is InChI=1S/C31H30Si2/c1-31(32-24-25-13-5-2-6-14-25,28-22-21-26-15-11-12-16-27(26)23-28)33(29-17-7-3-8-18-29)30-19-9-4-10-20-30/h2-23,33H,24,32H2,1H3. The molecule has 0 aromatic heterocycles. The van der Waals surface area contributed by atoms with Crippen molar-refractivity contribution in [3.63, 3.8) is 0 Å². The molecule has 0 aliphatic carbocycles. The van der Waals surface area contributed by atoms with Gasteiger partial charge in [0.25, 0.3) is 0 Å². The van der Waals surface area contributed by atoms with E-state index in [1.54, 1.807) is 10.4 Å². The first-order valence-corrected chi connectivity index (χ1v) is 15.3. The Balaban J connectivity index is 1.68. The first-order valence-electron chi connectivity index (χ1n) is 11.9. The molecule has 0 amide bonds. The minimum atomic E-state index is -1.57. The number of benzene rings is 5. The highest BCUT2D eigenvalue weighted by molar-refractivity contribution is 6.93. The molecule has 5 rings (SSSR count). The Labute approximate surface area is 201 Å². The summed E-state index contributed by atoms with van der Waals surface area (Å²) in [5.41, 5.74) is 3.00. The van der Waals surface area contributed by atoms with Gasteiger partial charge in [-0.2, -0.15) is 0 Å². The van der Waals surface area contributed by atoms with Gasteiger partial charge in [0.1, 0.15) is 8.80 Å². The maximum atomic E-state index is 2.59. The third-order valence-corrected chi connectivity index (χ3v) is 15.2. The van der Waals surface area contributed by atoms with Crippen molar-refractivity contribution in [1.82, 2.24) is 0 Å². The van der Waals surface area contributed by atoms with Crippen molar-refractivity contribution in [3.8, 4) is 0 Å². The van der Waals surface area contributed by atoms with Crippen molar-refractivity contribution in [2.45, 2.75) is 17.6 Å². The third kappa shape index (κ3) is 4.63. The summed E-state index contributed by atoms with van der Waals surface area (Å²) in [4.78, 5) is 0. The topological polar surface area (TPSA) is 0 Å². The van der Waals surface area contributed by atoms with Gasteiger partial charge in [-0.1, -0.05) is 156 Å². The Morgan fingerprint density at radius 1 is 0.576 bits per heavy atom. The molecule has 1 unspecified atom stereocenters. The number of rotatable bonds is 7. The molecular formula is C31H30Si2. The number of hydrogen-bond donors (Lipinski definition) is 0. The summed E-state index contributed by atoms with van der Waals surface area (Å²) < 4.78 is 0.197. The normalized spacial score (nSPS) is 13.5. The van der Waals surface area contributed by atoms with E-state index in [9.17, 15) is 0 Å². The molecule has 33 heavy (non-hydrogen) atoms. The highest BCUT2D eigenvalue weighted by Gasteiger charge is 2.39. The minimum absolute atomic E-state index is 0.197. The number of fused-ring (bicyclic) bond motifs is 1. The zero-order valence-electron chi connectivity index (χ0n) is 19.2. The Kier molecular flexibility index (Phi) is 6.38. The summed E-state index contributed by atoms with van der Waals surface area (Å²) in [6, 6.07) is 51.0. The van der Waals surface area contributed by atoms with Gasteiger partial charge in [0, 0.05) is 9.52 Å². The van der Waals surface area contributed by atoms with Crippen molar-refractivity contribution >= 4 is 39.5 Å². The molecule has 162 valence electrons. The summed E-state index contributed by atoms with van der Waals surface area (Å²) in [7, 11) is -2.07. The van der Waals surface area contributed by atoms with E-state index in [0.717, 1.165) is 0 Å². The summed E-state index contributed by atoms with van der Waals surface area (Å²) in [6.07, 6.45) is 0. The van der Waals surface area contributed by atoms with Crippen LogP contribution < -0.4 is 10.4 Å². The molecule has 0 spiro atoms. The molecule has 5 aromatic rings. The second kappa shape index (κ2) is 9.74. The average Bonchev–Trinajstić information content (AvgIpc) is 2.89. The highest BCUT2D eigenvalue weighted by Crippen LogP contribution is 2.30. The molecule has 2 heteroatoms. The second-order valence-electron chi connectivity index (χ2n) is 9.22. The van der Waals surface area contributed by atoms with Gasteiger partial charge in [0.2, 0.25) is 0 Å². The maximum Gasteiger partial charge on any atom is 0.109 e. The van der Waals surface area contributed by atoms with Crippen LogP contribution in [-0.2, 0) is 10.7 Å². The van der Waals surface area contributed by atoms with E-state index in [4.69, 9.17) is 0 Å². The van der Waals surface area contributed by atoms with E-state index in [1.807, 2.05) is 0 Å². The fourth-order valence-electron chi connectivity index (χ4n) is 5.27. The smallest absolute Gasteiger partial charge is 0.0629 e. The van der Waals surface area contributed by atoms with Crippen LogP contribution in [0.25, 0.3) is 10.8 Å². The van der Waals surface area contributed by atoms with Gasteiger partial charge in [0.05, 0.1) is 0 Å². The second-order valence-corrected chi connectivity index (χ2v) is 16.0. The van der Waals surface area contributed by atoms with Gasteiger partial charge in [-0.15, -0.1) is 0 Å². The molecule has 0 N–H and O–H groups in total. The zero-order chi connectivity index (χ0) is 22.5. The van der Waals surface area contributed by atoms with Gasteiger partial charge in [-0.25, -0.2) is 0 Å². The Hall–Kier alpha value is -3.21. The van der Waals surface area contributed by atoms with Gasteiger partial charge in [-0.3, -0.25) is 0 Å². The lowest BCUT2D eigenvalue weighted by Crippen LogP contribution is -2.60.